The van der Waals surface area contributed by atoms with E-state index in [4.69, 9.17) is 0 Å². The van der Waals surface area contributed by atoms with Gasteiger partial charge in [0.2, 0.25) is 11.7 Å². The van der Waals surface area contributed by atoms with Crippen molar-refractivity contribution in [3.63, 3.8) is 0 Å². The fourth-order valence-corrected chi connectivity index (χ4v) is 2.22. The number of amides is 2. The number of phenolic OH excluding ortho intramolecular Hbond substituents is 3. The molecule has 0 spiro atoms. The standard InChI is InChI=1S/C19H18N2O6/c1-2-15(23)20-9-10-21-19(27)12-5-3-11(4-6-12)16(24)13-7-8-14(22)18(26)17(13)25/h2-8,22,25-26H,1,9-10H2,(H,20,23)(H,21,27). The molecule has 2 aromatic carbocycles. The van der Waals surface area contributed by atoms with Gasteiger partial charge in [0.25, 0.3) is 5.91 Å². The van der Waals surface area contributed by atoms with Gasteiger partial charge in [-0.25, -0.2) is 0 Å². The van der Waals surface area contributed by atoms with Gasteiger partial charge < -0.3 is 26.0 Å². The van der Waals surface area contributed by atoms with Crippen LogP contribution in [0.5, 0.6) is 17.2 Å². The molecule has 2 aromatic rings. The maximum absolute atomic E-state index is 12.4. The van der Waals surface area contributed by atoms with Gasteiger partial charge >= 0.3 is 0 Å². The predicted octanol–water partition coefficient (Wildman–Crippen LogP) is 1.07. The molecule has 0 unspecified atom stereocenters. The lowest BCUT2D eigenvalue weighted by atomic mass is 10.0. The number of rotatable bonds is 7. The molecule has 0 atom stereocenters. The summed E-state index contributed by atoms with van der Waals surface area (Å²) in [6.07, 6.45) is 1.13. The molecule has 5 N–H and O–H groups in total. The van der Waals surface area contributed by atoms with E-state index in [9.17, 15) is 29.7 Å². The summed E-state index contributed by atoms with van der Waals surface area (Å²) in [7, 11) is 0. The highest BCUT2D eigenvalue weighted by atomic mass is 16.3. The molecule has 8 heteroatoms. The number of carbonyl (C=O) groups excluding carboxylic acids is 3. The van der Waals surface area contributed by atoms with Gasteiger partial charge in [-0.15, -0.1) is 0 Å². The minimum atomic E-state index is -0.777. The number of hydrogen-bond donors (Lipinski definition) is 5. The minimum absolute atomic E-state index is 0.180. The van der Waals surface area contributed by atoms with E-state index < -0.39 is 23.0 Å². The third-order valence-electron chi connectivity index (χ3n) is 3.68. The van der Waals surface area contributed by atoms with Crippen molar-refractivity contribution in [1.82, 2.24) is 10.6 Å². The van der Waals surface area contributed by atoms with Crippen LogP contribution in [0.2, 0.25) is 0 Å². The molecular weight excluding hydrogens is 352 g/mol. The fourth-order valence-electron chi connectivity index (χ4n) is 2.22. The first-order valence-electron chi connectivity index (χ1n) is 7.92. The zero-order valence-electron chi connectivity index (χ0n) is 14.2. The molecule has 0 aliphatic rings. The van der Waals surface area contributed by atoms with E-state index in [0.29, 0.717) is 5.56 Å². The lowest BCUT2D eigenvalue weighted by Gasteiger charge is -2.08. The first kappa shape index (κ1) is 19.5. The topological polar surface area (TPSA) is 136 Å². The van der Waals surface area contributed by atoms with Gasteiger partial charge in [0, 0.05) is 24.2 Å². The summed E-state index contributed by atoms with van der Waals surface area (Å²) >= 11 is 0. The first-order valence-corrected chi connectivity index (χ1v) is 7.92. The summed E-state index contributed by atoms with van der Waals surface area (Å²) in [5.41, 5.74) is 0.310. The molecule has 0 fully saturated rings. The Labute approximate surface area is 154 Å². The van der Waals surface area contributed by atoms with Crippen molar-refractivity contribution in [1.29, 1.82) is 0 Å². The van der Waals surface area contributed by atoms with Crippen molar-refractivity contribution in [3.8, 4) is 17.2 Å². The summed E-state index contributed by atoms with van der Waals surface area (Å²) in [4.78, 5) is 35.4. The first-order chi connectivity index (χ1) is 12.8. The Bertz CT molecular complexity index is 890. The van der Waals surface area contributed by atoms with Gasteiger partial charge in [0.05, 0.1) is 5.56 Å². The summed E-state index contributed by atoms with van der Waals surface area (Å²) in [6, 6.07) is 7.95. The molecule has 0 heterocycles. The number of hydrogen-bond acceptors (Lipinski definition) is 6. The Balaban J connectivity index is 2.03. The third-order valence-corrected chi connectivity index (χ3v) is 3.68. The Morgan fingerprint density at radius 2 is 1.44 bits per heavy atom. The number of ketones is 1. The minimum Gasteiger partial charge on any atom is -0.504 e. The van der Waals surface area contributed by atoms with Crippen LogP contribution in [0.3, 0.4) is 0 Å². The molecule has 140 valence electrons. The normalized spacial score (nSPS) is 10.1. The van der Waals surface area contributed by atoms with Crippen LogP contribution in [0.4, 0.5) is 0 Å². The van der Waals surface area contributed by atoms with Crippen LogP contribution in [-0.2, 0) is 4.79 Å². The quantitative estimate of drug-likeness (QED) is 0.214. The molecule has 0 saturated carbocycles. The maximum atomic E-state index is 12.4. The molecule has 8 nitrogen and oxygen atoms in total. The average Bonchev–Trinajstić information content (AvgIpc) is 2.68. The molecule has 2 amide bonds. The zero-order valence-corrected chi connectivity index (χ0v) is 14.2. The van der Waals surface area contributed by atoms with E-state index in [1.165, 1.54) is 30.3 Å². The number of aromatic hydroxyl groups is 3. The number of phenols is 3. The molecule has 2 rings (SSSR count). The van der Waals surface area contributed by atoms with E-state index in [-0.39, 0.29) is 36.0 Å². The lowest BCUT2D eigenvalue weighted by Crippen LogP contribution is -2.33. The number of carbonyl (C=O) groups is 3. The van der Waals surface area contributed by atoms with Crippen molar-refractivity contribution in [2.75, 3.05) is 13.1 Å². The van der Waals surface area contributed by atoms with Crippen LogP contribution in [0, 0.1) is 0 Å². The molecule has 27 heavy (non-hydrogen) atoms. The fraction of sp³-hybridized carbons (Fsp3) is 0.105. The van der Waals surface area contributed by atoms with E-state index in [1.807, 2.05) is 0 Å². The van der Waals surface area contributed by atoms with Crippen molar-refractivity contribution in [3.05, 3.63) is 65.7 Å². The average molecular weight is 370 g/mol. The lowest BCUT2D eigenvalue weighted by molar-refractivity contribution is -0.116. The Hall–Kier alpha value is -3.81. The number of benzene rings is 2. The molecule has 0 aromatic heterocycles. The molecule has 0 bridgehead atoms. The van der Waals surface area contributed by atoms with E-state index >= 15 is 0 Å². The second kappa shape index (κ2) is 8.52. The largest absolute Gasteiger partial charge is 0.504 e. The van der Waals surface area contributed by atoms with Crippen LogP contribution in [0.1, 0.15) is 26.3 Å². The van der Waals surface area contributed by atoms with E-state index in [1.54, 1.807) is 0 Å². The van der Waals surface area contributed by atoms with Gasteiger partial charge in [-0.3, -0.25) is 14.4 Å². The van der Waals surface area contributed by atoms with Crippen LogP contribution in [0.15, 0.2) is 49.1 Å². The van der Waals surface area contributed by atoms with Gasteiger partial charge in [-0.05, 0) is 30.3 Å². The highest BCUT2D eigenvalue weighted by Crippen LogP contribution is 2.37. The Morgan fingerprint density at radius 1 is 0.852 bits per heavy atom. The molecular formula is C19H18N2O6. The van der Waals surface area contributed by atoms with Crippen LogP contribution in [-0.4, -0.2) is 46.0 Å². The van der Waals surface area contributed by atoms with Crippen LogP contribution in [0.25, 0.3) is 0 Å². The smallest absolute Gasteiger partial charge is 0.251 e. The Kier molecular flexibility index (Phi) is 6.16. The summed E-state index contributed by atoms with van der Waals surface area (Å²) in [5, 5.41) is 33.8. The summed E-state index contributed by atoms with van der Waals surface area (Å²) in [6.45, 7) is 3.78. The third kappa shape index (κ3) is 4.63. The SMILES string of the molecule is C=CC(=O)NCCNC(=O)c1ccc(C(=O)c2ccc(O)c(O)c2O)cc1. The van der Waals surface area contributed by atoms with Gasteiger partial charge in [0.1, 0.15) is 0 Å². The molecule has 0 aliphatic carbocycles. The molecule has 0 radical (unpaired) electrons. The van der Waals surface area contributed by atoms with Crippen molar-refractivity contribution < 1.29 is 29.7 Å². The van der Waals surface area contributed by atoms with E-state index in [0.717, 1.165) is 12.1 Å². The predicted molar refractivity (Wildman–Crippen MR) is 96.9 cm³/mol. The highest BCUT2D eigenvalue weighted by molar-refractivity contribution is 6.11. The van der Waals surface area contributed by atoms with E-state index in [2.05, 4.69) is 17.2 Å². The molecule has 0 saturated heterocycles. The second-order valence-corrected chi connectivity index (χ2v) is 5.49. The van der Waals surface area contributed by atoms with Crippen molar-refractivity contribution in [2.45, 2.75) is 0 Å². The second-order valence-electron chi connectivity index (χ2n) is 5.49. The van der Waals surface area contributed by atoms with Gasteiger partial charge in [-0.2, -0.15) is 0 Å². The van der Waals surface area contributed by atoms with Crippen LogP contribution < -0.4 is 10.6 Å². The number of nitrogens with one attached hydrogen (secondary N) is 2. The summed E-state index contributed by atoms with van der Waals surface area (Å²) < 4.78 is 0. The van der Waals surface area contributed by atoms with Gasteiger partial charge in [-0.1, -0.05) is 18.7 Å². The van der Waals surface area contributed by atoms with Gasteiger partial charge in [0.15, 0.2) is 17.3 Å². The summed E-state index contributed by atoms with van der Waals surface area (Å²) in [5.74, 6) is -3.34. The van der Waals surface area contributed by atoms with Crippen molar-refractivity contribution >= 4 is 17.6 Å². The van der Waals surface area contributed by atoms with Crippen molar-refractivity contribution in [2.24, 2.45) is 0 Å². The highest BCUT2D eigenvalue weighted by Gasteiger charge is 2.19. The van der Waals surface area contributed by atoms with Crippen LogP contribution >= 0.6 is 0 Å². The Morgan fingerprint density at radius 3 is 2.07 bits per heavy atom. The molecule has 0 aliphatic heterocycles. The maximum Gasteiger partial charge on any atom is 0.251 e. The monoisotopic (exact) mass is 370 g/mol. The zero-order chi connectivity index (χ0) is 20.0.